The molecule has 8 atom stereocenters. The van der Waals surface area contributed by atoms with Gasteiger partial charge in [-0.3, -0.25) is 43.2 Å². The van der Waals surface area contributed by atoms with Crippen molar-refractivity contribution in [3.63, 3.8) is 0 Å². The number of nitrogens with one attached hydrogen (secondary N) is 6. The monoisotopic (exact) mass is 890 g/mol. The number of carbonyl (C=O) groups is 10. The van der Waals surface area contributed by atoms with Gasteiger partial charge in [0.25, 0.3) is 0 Å². The van der Waals surface area contributed by atoms with E-state index in [1.165, 1.54) is 0 Å². The standard InChI is InChI=1S/C41H66N10O12/c1-5-23(4)34(40(61)50-30(41(62)63)21-32(45)53)51-39(60)28(19-22(2)3)48-38(59)29(20-24-11-7-6-8-12-24)49-37(58)27(15-17-33(54)55)47-36(57)26(14-16-31(44)52)46-35(56)25(43)13-9-10-18-42/h6-8,11-12,22-23,25-30,34H,5,9-10,13-21,42-43H2,1-4H3,(H2,44,52)(H2,45,53)(H,46,56)(H,47,57)(H,48,59)(H,49,58)(H,50,61)(H,51,60)(H,54,55)(H,62,63)/t23-,25-,26-,27-,28-,29-,30-,34-/m0/s1. The van der Waals surface area contributed by atoms with E-state index < -0.39 is 127 Å². The molecule has 1 rings (SSSR count). The van der Waals surface area contributed by atoms with Gasteiger partial charge in [0.15, 0.2) is 0 Å². The Bertz CT molecular complexity index is 1730. The highest BCUT2D eigenvalue weighted by atomic mass is 16.4. The molecule has 0 unspecified atom stereocenters. The van der Waals surface area contributed by atoms with Crippen molar-refractivity contribution >= 4 is 59.2 Å². The summed E-state index contributed by atoms with van der Waals surface area (Å²) in [6.45, 7) is 7.26. The number of aliphatic carboxylic acids is 2. The number of rotatable bonds is 31. The predicted molar refractivity (Wildman–Crippen MR) is 228 cm³/mol. The maximum atomic E-state index is 14.2. The molecule has 352 valence electrons. The molecule has 0 saturated carbocycles. The molecule has 0 aliphatic carbocycles. The van der Waals surface area contributed by atoms with Crippen LogP contribution in [0.25, 0.3) is 0 Å². The second-order valence-electron chi connectivity index (χ2n) is 15.8. The summed E-state index contributed by atoms with van der Waals surface area (Å²) in [5.41, 5.74) is 22.5. The largest absolute Gasteiger partial charge is 0.481 e. The minimum Gasteiger partial charge on any atom is -0.481 e. The van der Waals surface area contributed by atoms with Crippen molar-refractivity contribution in [1.82, 2.24) is 31.9 Å². The fraction of sp³-hybridized carbons (Fsp3) is 0.610. The van der Waals surface area contributed by atoms with E-state index in [-0.39, 0.29) is 38.0 Å². The summed E-state index contributed by atoms with van der Waals surface area (Å²) in [4.78, 5) is 129. The van der Waals surface area contributed by atoms with Crippen molar-refractivity contribution < 1.29 is 58.2 Å². The first-order valence-corrected chi connectivity index (χ1v) is 20.9. The second-order valence-corrected chi connectivity index (χ2v) is 15.8. The van der Waals surface area contributed by atoms with Gasteiger partial charge in [0.2, 0.25) is 47.3 Å². The summed E-state index contributed by atoms with van der Waals surface area (Å²) >= 11 is 0. The van der Waals surface area contributed by atoms with Crippen LogP contribution in [0.2, 0.25) is 0 Å². The molecule has 1 aromatic carbocycles. The Kier molecular flexibility index (Phi) is 24.8. The van der Waals surface area contributed by atoms with Crippen LogP contribution in [0.1, 0.15) is 97.5 Å². The van der Waals surface area contributed by atoms with Gasteiger partial charge >= 0.3 is 11.9 Å². The lowest BCUT2D eigenvalue weighted by Crippen LogP contribution is -2.61. The van der Waals surface area contributed by atoms with Crippen LogP contribution in [0, 0.1) is 11.8 Å². The maximum absolute atomic E-state index is 14.2. The molecule has 16 N–H and O–H groups in total. The van der Waals surface area contributed by atoms with Crippen LogP contribution in [0.3, 0.4) is 0 Å². The van der Waals surface area contributed by atoms with Crippen LogP contribution < -0.4 is 54.8 Å². The average molecular weight is 891 g/mol. The molecular weight excluding hydrogens is 825 g/mol. The molecule has 0 radical (unpaired) electrons. The normalized spacial score (nSPS) is 14.8. The highest BCUT2D eigenvalue weighted by molar-refractivity contribution is 5.97. The number of amides is 8. The Morgan fingerprint density at radius 2 is 1.11 bits per heavy atom. The summed E-state index contributed by atoms with van der Waals surface area (Å²) in [6.07, 6.45) is -0.856. The van der Waals surface area contributed by atoms with Crippen molar-refractivity contribution in [3.05, 3.63) is 35.9 Å². The molecule has 22 nitrogen and oxygen atoms in total. The quantitative estimate of drug-likeness (QED) is 0.0352. The number of carboxylic acid groups (broad SMARTS) is 2. The van der Waals surface area contributed by atoms with Gasteiger partial charge in [0.1, 0.15) is 36.3 Å². The van der Waals surface area contributed by atoms with E-state index in [4.69, 9.17) is 22.9 Å². The first kappa shape index (κ1) is 54.9. The second kappa shape index (κ2) is 28.4. The molecule has 63 heavy (non-hydrogen) atoms. The molecule has 0 aliphatic heterocycles. The van der Waals surface area contributed by atoms with Gasteiger partial charge in [-0.2, -0.15) is 0 Å². The van der Waals surface area contributed by atoms with Crippen LogP contribution >= 0.6 is 0 Å². The molecule has 8 amide bonds. The molecule has 22 heteroatoms. The summed E-state index contributed by atoms with van der Waals surface area (Å²) in [5, 5.41) is 34.0. The number of nitrogens with two attached hydrogens (primary N) is 4. The topological polar surface area (TPSA) is 387 Å². The number of primary amides is 2. The molecule has 0 bridgehead atoms. The van der Waals surface area contributed by atoms with E-state index in [1.807, 2.05) is 0 Å². The van der Waals surface area contributed by atoms with E-state index in [9.17, 15) is 58.2 Å². The van der Waals surface area contributed by atoms with Crippen molar-refractivity contribution in [1.29, 1.82) is 0 Å². The molecule has 0 aliphatic rings. The van der Waals surface area contributed by atoms with Crippen LogP contribution in [-0.2, 0) is 54.4 Å². The molecule has 0 heterocycles. The molecule has 0 spiro atoms. The van der Waals surface area contributed by atoms with E-state index in [0.717, 1.165) is 0 Å². The van der Waals surface area contributed by atoms with Crippen molar-refractivity contribution in [2.24, 2.45) is 34.8 Å². The zero-order valence-corrected chi connectivity index (χ0v) is 36.4. The number of hydrogen-bond donors (Lipinski definition) is 12. The lowest BCUT2D eigenvalue weighted by atomic mass is 9.96. The predicted octanol–water partition coefficient (Wildman–Crippen LogP) is -2.22. The lowest BCUT2D eigenvalue weighted by molar-refractivity contribution is -0.144. The van der Waals surface area contributed by atoms with Crippen LogP contribution in [0.5, 0.6) is 0 Å². The van der Waals surface area contributed by atoms with Crippen molar-refractivity contribution in [3.8, 4) is 0 Å². The lowest BCUT2D eigenvalue weighted by Gasteiger charge is -2.29. The highest BCUT2D eigenvalue weighted by Crippen LogP contribution is 2.13. The third kappa shape index (κ3) is 21.5. The third-order valence-electron chi connectivity index (χ3n) is 9.97. The Morgan fingerprint density at radius 3 is 1.62 bits per heavy atom. The summed E-state index contributed by atoms with van der Waals surface area (Å²) in [7, 11) is 0. The minimum absolute atomic E-state index is 0.0320. The number of carbonyl (C=O) groups excluding carboxylic acids is 8. The Labute approximate surface area is 366 Å². The summed E-state index contributed by atoms with van der Waals surface area (Å²) < 4.78 is 0. The minimum atomic E-state index is -1.68. The van der Waals surface area contributed by atoms with E-state index in [1.54, 1.807) is 58.0 Å². The molecule has 0 saturated heterocycles. The van der Waals surface area contributed by atoms with E-state index in [0.29, 0.717) is 31.4 Å². The highest BCUT2D eigenvalue weighted by Gasteiger charge is 2.35. The number of unbranched alkanes of at least 4 members (excludes halogenated alkanes) is 1. The zero-order valence-electron chi connectivity index (χ0n) is 36.4. The fourth-order valence-corrected chi connectivity index (χ4v) is 6.21. The zero-order chi connectivity index (χ0) is 47.8. The van der Waals surface area contributed by atoms with Gasteiger partial charge in [-0.15, -0.1) is 0 Å². The van der Waals surface area contributed by atoms with E-state index >= 15 is 0 Å². The molecule has 0 fully saturated rings. The van der Waals surface area contributed by atoms with Gasteiger partial charge in [-0.25, -0.2) is 4.79 Å². The summed E-state index contributed by atoms with van der Waals surface area (Å²) in [6, 6.07) is -1.40. The number of hydrogen-bond acceptors (Lipinski definition) is 12. The number of benzene rings is 1. The first-order chi connectivity index (χ1) is 29.6. The van der Waals surface area contributed by atoms with Gasteiger partial charge in [0.05, 0.1) is 12.5 Å². The third-order valence-corrected chi connectivity index (χ3v) is 9.97. The van der Waals surface area contributed by atoms with Crippen LogP contribution in [0.15, 0.2) is 30.3 Å². The first-order valence-electron chi connectivity index (χ1n) is 20.9. The van der Waals surface area contributed by atoms with Gasteiger partial charge in [-0.1, -0.05) is 70.9 Å². The van der Waals surface area contributed by atoms with Gasteiger partial charge in [-0.05, 0) is 56.0 Å². The number of carboxylic acids is 2. The fourth-order valence-electron chi connectivity index (χ4n) is 6.21. The molecule has 1 aromatic rings. The molecule has 0 aromatic heterocycles. The smallest absolute Gasteiger partial charge is 0.326 e. The van der Waals surface area contributed by atoms with Crippen LogP contribution in [0.4, 0.5) is 0 Å². The Hall–Kier alpha value is -6.16. The molecular formula is C41H66N10O12. The van der Waals surface area contributed by atoms with Crippen molar-refractivity contribution in [2.45, 2.75) is 141 Å². The van der Waals surface area contributed by atoms with E-state index in [2.05, 4.69) is 31.9 Å². The van der Waals surface area contributed by atoms with Gasteiger partial charge in [0, 0.05) is 19.3 Å². The van der Waals surface area contributed by atoms with Crippen LogP contribution in [-0.4, -0.2) is 118 Å². The van der Waals surface area contributed by atoms with Gasteiger partial charge < -0.3 is 65.0 Å². The SMILES string of the molecule is CC[C@H](C)[C@H](NC(=O)[C@H](CC(C)C)NC(=O)[C@H](Cc1ccccc1)NC(=O)[C@H](CCC(=O)O)NC(=O)[C@H](CCC(N)=O)NC(=O)[C@@H](N)CCCCN)C(=O)N[C@@H](CC(N)=O)C(=O)O. The Morgan fingerprint density at radius 1 is 0.603 bits per heavy atom. The average Bonchev–Trinajstić information content (AvgIpc) is 3.21. The summed E-state index contributed by atoms with van der Waals surface area (Å²) in [5.74, 6) is -10.7. The Balaban J connectivity index is 3.52. The maximum Gasteiger partial charge on any atom is 0.326 e. The van der Waals surface area contributed by atoms with Crippen molar-refractivity contribution in [2.75, 3.05) is 6.54 Å².